The topological polar surface area (TPSA) is 12.0 Å². The van der Waals surface area contributed by atoms with Gasteiger partial charge in [0.05, 0.1) is 0 Å². The molecule has 0 radical (unpaired) electrons. The van der Waals surface area contributed by atoms with Gasteiger partial charge in [-0.25, -0.2) is 4.39 Å². The summed E-state index contributed by atoms with van der Waals surface area (Å²) in [6.45, 7) is 2.09. The zero-order chi connectivity index (χ0) is 12.3. The third-order valence-electron chi connectivity index (χ3n) is 4.01. The molecule has 94 valence electrons. The van der Waals surface area contributed by atoms with E-state index in [1.165, 1.54) is 36.8 Å². The molecule has 2 rings (SSSR count). The van der Waals surface area contributed by atoms with Crippen molar-refractivity contribution in [2.75, 3.05) is 7.05 Å². The van der Waals surface area contributed by atoms with Crippen LogP contribution in [0.5, 0.6) is 0 Å². The summed E-state index contributed by atoms with van der Waals surface area (Å²) in [4.78, 5) is 0. The lowest BCUT2D eigenvalue weighted by Gasteiger charge is -2.21. The van der Waals surface area contributed by atoms with Crippen molar-refractivity contribution in [2.24, 2.45) is 0 Å². The first-order valence-electron chi connectivity index (χ1n) is 6.64. The summed E-state index contributed by atoms with van der Waals surface area (Å²) in [6.07, 6.45) is 6.14. The Morgan fingerprint density at radius 1 is 1.24 bits per heavy atom. The minimum Gasteiger partial charge on any atom is -0.317 e. The Kier molecular flexibility index (Phi) is 4.16. The fourth-order valence-electron chi connectivity index (χ4n) is 2.96. The second kappa shape index (κ2) is 5.63. The summed E-state index contributed by atoms with van der Waals surface area (Å²) in [7, 11) is 2.03. The molecule has 1 aliphatic rings. The maximum Gasteiger partial charge on any atom is 0.123 e. The molecule has 1 nitrogen and oxygen atoms in total. The van der Waals surface area contributed by atoms with Gasteiger partial charge in [0.2, 0.25) is 0 Å². The average molecular weight is 235 g/mol. The van der Waals surface area contributed by atoms with E-state index in [-0.39, 0.29) is 5.82 Å². The Labute approximate surface area is 103 Å². The van der Waals surface area contributed by atoms with E-state index in [9.17, 15) is 4.39 Å². The number of halogens is 1. The Hall–Kier alpha value is -0.890. The molecular weight excluding hydrogens is 213 g/mol. The maximum absolute atomic E-state index is 13.4. The molecular formula is C15H22FN. The third kappa shape index (κ3) is 3.06. The van der Waals surface area contributed by atoms with Gasteiger partial charge >= 0.3 is 0 Å². The molecule has 1 aromatic carbocycles. The quantitative estimate of drug-likeness (QED) is 0.769. The van der Waals surface area contributed by atoms with Crippen LogP contribution in [-0.2, 0) is 0 Å². The number of nitrogens with one attached hydrogen (secondary N) is 1. The number of hydrogen-bond acceptors (Lipinski definition) is 1. The van der Waals surface area contributed by atoms with Crippen molar-refractivity contribution < 1.29 is 4.39 Å². The second-order valence-corrected chi connectivity index (χ2v) is 5.20. The van der Waals surface area contributed by atoms with Crippen molar-refractivity contribution in [2.45, 2.75) is 51.0 Å². The Balaban J connectivity index is 2.21. The van der Waals surface area contributed by atoms with Crippen molar-refractivity contribution in [3.63, 3.8) is 0 Å². The van der Waals surface area contributed by atoms with E-state index < -0.39 is 0 Å². The normalized spacial score (nSPS) is 25.6. The summed E-state index contributed by atoms with van der Waals surface area (Å²) >= 11 is 0. The van der Waals surface area contributed by atoms with Crippen LogP contribution < -0.4 is 5.32 Å². The molecule has 1 fully saturated rings. The van der Waals surface area contributed by atoms with Crippen LogP contribution in [-0.4, -0.2) is 13.1 Å². The molecule has 0 bridgehead atoms. The Morgan fingerprint density at radius 3 is 2.76 bits per heavy atom. The Morgan fingerprint density at radius 2 is 2.00 bits per heavy atom. The SMILES string of the molecule is CNC1CCCCC(c2cc(F)ccc2C)C1. The van der Waals surface area contributed by atoms with E-state index >= 15 is 0 Å². The summed E-state index contributed by atoms with van der Waals surface area (Å²) in [5.41, 5.74) is 2.44. The number of benzene rings is 1. The van der Waals surface area contributed by atoms with Crippen molar-refractivity contribution in [1.82, 2.24) is 5.32 Å². The highest BCUT2D eigenvalue weighted by atomic mass is 19.1. The van der Waals surface area contributed by atoms with E-state index in [0.29, 0.717) is 12.0 Å². The molecule has 2 heteroatoms. The zero-order valence-corrected chi connectivity index (χ0v) is 10.8. The van der Waals surface area contributed by atoms with Crippen molar-refractivity contribution in [3.8, 4) is 0 Å². The molecule has 1 aromatic rings. The van der Waals surface area contributed by atoms with Gasteiger partial charge in [0.15, 0.2) is 0 Å². The standard InChI is InChI=1S/C15H22FN/c1-11-7-8-13(16)10-15(11)12-5-3-4-6-14(9-12)17-2/h7-8,10,12,14,17H,3-6,9H2,1-2H3. The third-order valence-corrected chi connectivity index (χ3v) is 4.01. The molecule has 1 saturated carbocycles. The fraction of sp³-hybridized carbons (Fsp3) is 0.600. The molecule has 0 amide bonds. The van der Waals surface area contributed by atoms with Gasteiger partial charge in [-0.3, -0.25) is 0 Å². The van der Waals surface area contributed by atoms with E-state index in [0.717, 1.165) is 6.42 Å². The monoisotopic (exact) mass is 235 g/mol. The van der Waals surface area contributed by atoms with Crippen LogP contribution in [0.4, 0.5) is 4.39 Å². The summed E-state index contributed by atoms with van der Waals surface area (Å²) < 4.78 is 13.4. The van der Waals surface area contributed by atoms with E-state index in [1.807, 2.05) is 13.1 Å². The highest BCUT2D eigenvalue weighted by Crippen LogP contribution is 2.33. The van der Waals surface area contributed by atoms with Gasteiger partial charge in [-0.2, -0.15) is 0 Å². The minimum atomic E-state index is -0.101. The molecule has 2 atom stereocenters. The number of rotatable bonds is 2. The lowest BCUT2D eigenvalue weighted by Crippen LogP contribution is -2.26. The molecule has 0 heterocycles. The van der Waals surface area contributed by atoms with Gasteiger partial charge in [0.1, 0.15) is 5.82 Å². The van der Waals surface area contributed by atoms with Crippen molar-refractivity contribution in [1.29, 1.82) is 0 Å². The molecule has 0 aliphatic heterocycles. The van der Waals surface area contributed by atoms with E-state index in [1.54, 1.807) is 12.1 Å². The predicted octanol–water partition coefficient (Wildman–Crippen LogP) is 3.77. The first-order chi connectivity index (χ1) is 8.20. The van der Waals surface area contributed by atoms with E-state index in [4.69, 9.17) is 0 Å². The van der Waals surface area contributed by atoms with Crippen LogP contribution in [0.3, 0.4) is 0 Å². The second-order valence-electron chi connectivity index (χ2n) is 5.20. The predicted molar refractivity (Wildman–Crippen MR) is 69.8 cm³/mol. The lowest BCUT2D eigenvalue weighted by atomic mass is 9.87. The molecule has 1 N–H and O–H groups in total. The van der Waals surface area contributed by atoms with Crippen molar-refractivity contribution >= 4 is 0 Å². The number of aryl methyl sites for hydroxylation is 1. The average Bonchev–Trinajstić information content (AvgIpc) is 2.57. The highest BCUT2D eigenvalue weighted by molar-refractivity contribution is 5.30. The van der Waals surface area contributed by atoms with Crippen molar-refractivity contribution in [3.05, 3.63) is 35.1 Å². The lowest BCUT2D eigenvalue weighted by molar-refractivity contribution is 0.469. The van der Waals surface area contributed by atoms with Crippen LogP contribution in [0.25, 0.3) is 0 Å². The van der Waals surface area contributed by atoms with Gasteiger partial charge in [0.25, 0.3) is 0 Å². The molecule has 2 unspecified atom stereocenters. The van der Waals surface area contributed by atoms with Crippen LogP contribution in [0, 0.1) is 12.7 Å². The van der Waals surface area contributed by atoms with Gasteiger partial charge < -0.3 is 5.32 Å². The summed E-state index contributed by atoms with van der Waals surface area (Å²) in [6, 6.07) is 5.79. The fourth-order valence-corrected chi connectivity index (χ4v) is 2.96. The minimum absolute atomic E-state index is 0.101. The first-order valence-corrected chi connectivity index (χ1v) is 6.64. The highest BCUT2D eigenvalue weighted by Gasteiger charge is 2.21. The molecule has 0 aromatic heterocycles. The van der Waals surface area contributed by atoms with Crippen LogP contribution in [0.2, 0.25) is 0 Å². The summed E-state index contributed by atoms with van der Waals surface area (Å²) in [5.74, 6) is 0.418. The first kappa shape index (κ1) is 12.6. The van der Waals surface area contributed by atoms with Crippen LogP contribution >= 0.6 is 0 Å². The Bertz CT molecular complexity index is 375. The van der Waals surface area contributed by atoms with Gasteiger partial charge in [-0.1, -0.05) is 18.9 Å². The zero-order valence-electron chi connectivity index (χ0n) is 10.8. The molecule has 17 heavy (non-hydrogen) atoms. The molecule has 0 spiro atoms. The van der Waals surface area contributed by atoms with Gasteiger partial charge in [-0.15, -0.1) is 0 Å². The van der Waals surface area contributed by atoms with Crippen LogP contribution in [0.1, 0.15) is 49.1 Å². The van der Waals surface area contributed by atoms with Gasteiger partial charge in [0, 0.05) is 6.04 Å². The number of hydrogen-bond donors (Lipinski definition) is 1. The van der Waals surface area contributed by atoms with Gasteiger partial charge in [-0.05, 0) is 62.4 Å². The molecule has 0 saturated heterocycles. The largest absolute Gasteiger partial charge is 0.317 e. The van der Waals surface area contributed by atoms with Crippen LogP contribution in [0.15, 0.2) is 18.2 Å². The van der Waals surface area contributed by atoms with E-state index in [2.05, 4.69) is 12.2 Å². The smallest absolute Gasteiger partial charge is 0.123 e. The maximum atomic E-state index is 13.4. The summed E-state index contributed by atoms with van der Waals surface area (Å²) in [5, 5.41) is 3.38. The molecule has 1 aliphatic carbocycles.